The van der Waals surface area contributed by atoms with E-state index < -0.39 is 69.5 Å². The molecule has 2 N–H and O–H groups in total. The molecule has 0 bridgehead atoms. The standard InChI is InChI=1S/C41H28BrCl2F3N4O6/c42-23-3-7-25(8-4-23)50-36(53)28-11-10-27-29(33(28)38(50)55)16-30-37(54)51(49-35-31(44)15-22(17-48-35)41(45,46)47)39(56)40(30,21-1-5-24(43)6-2-21)34(27)20-13-19-14-26(52)9-12-32(19)57-18-20/h1-10,12,14-15,17-18,28-30,33-34,52H,11,13,16H2,(H,48,49)/t28-,29+,30-,33-,34-,40+/m0/s1. The summed E-state index contributed by atoms with van der Waals surface area (Å²) in [4.78, 5) is 64.0. The quantitative estimate of drug-likeness (QED) is 0.151. The number of pyridine rings is 1. The van der Waals surface area contributed by atoms with Gasteiger partial charge in [0.25, 0.3) is 11.8 Å². The minimum atomic E-state index is -4.76. The summed E-state index contributed by atoms with van der Waals surface area (Å²) in [5.74, 6) is -6.69. The number of phenolic OH excluding ortho intramolecular Hbond substituents is 1. The van der Waals surface area contributed by atoms with Crippen LogP contribution in [-0.2, 0) is 37.2 Å². The van der Waals surface area contributed by atoms with Crippen molar-refractivity contribution < 1.29 is 42.2 Å². The Morgan fingerprint density at radius 3 is 2.37 bits per heavy atom. The maximum absolute atomic E-state index is 15.4. The third-order valence-electron chi connectivity index (χ3n) is 11.8. The fourth-order valence-corrected chi connectivity index (χ4v) is 10.0. The first-order chi connectivity index (χ1) is 27.2. The van der Waals surface area contributed by atoms with Crippen LogP contribution in [0, 0.1) is 29.6 Å². The number of alkyl halides is 3. The maximum atomic E-state index is 15.4. The van der Waals surface area contributed by atoms with E-state index >= 15 is 4.79 Å². The van der Waals surface area contributed by atoms with Gasteiger partial charge in [-0.05, 0) is 90.6 Å². The molecule has 3 aromatic carbocycles. The largest absolute Gasteiger partial charge is 0.508 e. The van der Waals surface area contributed by atoms with Gasteiger partial charge >= 0.3 is 6.18 Å². The number of nitrogens with zero attached hydrogens (tertiary/aromatic N) is 3. The SMILES string of the molecule is O=C1[C@@H]2C[C@@H]3C(=CC[C@@H]4C(=O)N(c5ccc(Br)cc5)C(=O)[C@@H]43)[C@H](C3=COc4ccc(O)cc4C3)[C@]2(c2ccc(Cl)cc2)C(=O)N1Nc1ncc(C(F)(F)F)cc1Cl. The third kappa shape index (κ3) is 5.78. The molecule has 290 valence electrons. The van der Waals surface area contributed by atoms with Crippen molar-refractivity contribution in [3.05, 3.63) is 134 Å². The number of carbonyl (C=O) groups excluding carboxylic acids is 4. The van der Waals surface area contributed by atoms with E-state index in [0.29, 0.717) is 51.0 Å². The summed E-state index contributed by atoms with van der Waals surface area (Å²) in [7, 11) is 0. The molecule has 4 aromatic rings. The van der Waals surface area contributed by atoms with Crippen molar-refractivity contribution >= 4 is 74.3 Å². The molecule has 1 saturated carbocycles. The van der Waals surface area contributed by atoms with Crippen molar-refractivity contribution in [2.75, 3.05) is 10.3 Å². The van der Waals surface area contributed by atoms with E-state index in [4.69, 9.17) is 27.9 Å². The molecule has 9 rings (SSSR count). The molecule has 16 heteroatoms. The fourth-order valence-electron chi connectivity index (χ4n) is 9.44. The number of aromatic hydroxyl groups is 1. The molecule has 5 aliphatic rings. The molecule has 0 spiro atoms. The Balaban J connectivity index is 1.21. The van der Waals surface area contributed by atoms with Gasteiger partial charge in [0.1, 0.15) is 11.5 Å². The summed E-state index contributed by atoms with van der Waals surface area (Å²) in [6, 6.07) is 18.5. The van der Waals surface area contributed by atoms with Gasteiger partial charge in [0.2, 0.25) is 11.8 Å². The number of fused-ring (bicyclic) bond motifs is 5. The highest BCUT2D eigenvalue weighted by molar-refractivity contribution is 9.10. The number of rotatable bonds is 5. The highest BCUT2D eigenvalue weighted by Crippen LogP contribution is 2.63. The van der Waals surface area contributed by atoms with Gasteiger partial charge in [-0.3, -0.25) is 29.5 Å². The van der Waals surface area contributed by atoms with Crippen molar-refractivity contribution in [1.82, 2.24) is 9.99 Å². The van der Waals surface area contributed by atoms with Crippen LogP contribution in [-0.4, -0.2) is 38.7 Å². The number of ether oxygens (including phenoxy) is 1. The van der Waals surface area contributed by atoms with Gasteiger partial charge in [-0.2, -0.15) is 18.2 Å². The Morgan fingerprint density at radius 2 is 1.67 bits per heavy atom. The van der Waals surface area contributed by atoms with Crippen LogP contribution in [0.1, 0.15) is 29.5 Å². The van der Waals surface area contributed by atoms with E-state index in [9.17, 15) is 32.7 Å². The minimum absolute atomic E-state index is 0.0170. The Morgan fingerprint density at radius 1 is 0.930 bits per heavy atom. The lowest BCUT2D eigenvalue weighted by Crippen LogP contribution is -2.55. The average molecular weight is 881 g/mol. The molecule has 4 amide bonds. The predicted molar refractivity (Wildman–Crippen MR) is 205 cm³/mol. The van der Waals surface area contributed by atoms with E-state index in [2.05, 4.69) is 26.3 Å². The van der Waals surface area contributed by atoms with Crippen molar-refractivity contribution in [3.8, 4) is 11.5 Å². The normalized spacial score (nSPS) is 26.6. The van der Waals surface area contributed by atoms with Crippen molar-refractivity contribution in [2.45, 2.75) is 30.9 Å². The fraction of sp³-hybridized carbons (Fsp3) is 0.244. The van der Waals surface area contributed by atoms with E-state index in [0.717, 1.165) is 9.48 Å². The topological polar surface area (TPSA) is 129 Å². The van der Waals surface area contributed by atoms with E-state index in [1.54, 1.807) is 60.7 Å². The smallest absolute Gasteiger partial charge is 0.417 e. The molecule has 0 radical (unpaired) electrons. The van der Waals surface area contributed by atoms with E-state index in [1.165, 1.54) is 17.2 Å². The zero-order valence-corrected chi connectivity index (χ0v) is 32.4. The number of hydrogen-bond donors (Lipinski definition) is 2. The first kappa shape index (κ1) is 37.4. The molecule has 2 aliphatic carbocycles. The molecule has 0 unspecified atom stereocenters. The van der Waals surface area contributed by atoms with Crippen molar-refractivity contribution in [3.63, 3.8) is 0 Å². The first-order valence-electron chi connectivity index (χ1n) is 17.8. The highest BCUT2D eigenvalue weighted by atomic mass is 79.9. The predicted octanol–water partition coefficient (Wildman–Crippen LogP) is 8.42. The van der Waals surface area contributed by atoms with E-state index in [1.807, 2.05) is 6.08 Å². The number of phenols is 1. The first-order valence-corrected chi connectivity index (χ1v) is 19.4. The maximum Gasteiger partial charge on any atom is 0.417 e. The summed E-state index contributed by atoms with van der Waals surface area (Å²) < 4.78 is 47.5. The Hall–Kier alpha value is -5.18. The Kier molecular flexibility index (Phi) is 8.83. The Labute approximate surface area is 341 Å². The van der Waals surface area contributed by atoms with Crippen molar-refractivity contribution in [2.24, 2.45) is 29.6 Å². The van der Waals surface area contributed by atoms with Crippen molar-refractivity contribution in [1.29, 1.82) is 0 Å². The van der Waals surface area contributed by atoms with Crippen LogP contribution in [0.4, 0.5) is 24.7 Å². The molecule has 1 aromatic heterocycles. The number of nitrogens with one attached hydrogen (secondary N) is 1. The third-order valence-corrected chi connectivity index (χ3v) is 12.9. The molecule has 57 heavy (non-hydrogen) atoms. The molecule has 4 heterocycles. The Bertz CT molecular complexity index is 2480. The van der Waals surface area contributed by atoms with Crippen LogP contribution >= 0.6 is 39.1 Å². The monoisotopic (exact) mass is 878 g/mol. The van der Waals surface area contributed by atoms with Gasteiger partial charge in [0.05, 0.1) is 45.7 Å². The number of benzene rings is 3. The summed E-state index contributed by atoms with van der Waals surface area (Å²) >= 11 is 16.0. The van der Waals surface area contributed by atoms with Gasteiger partial charge in [-0.25, -0.2) is 4.98 Å². The van der Waals surface area contributed by atoms with Crippen LogP contribution < -0.4 is 15.1 Å². The molecular formula is C41H28BrCl2F3N4O6. The number of hydrogen-bond acceptors (Lipinski definition) is 8. The van der Waals surface area contributed by atoms with Crippen LogP contribution in [0.3, 0.4) is 0 Å². The summed E-state index contributed by atoms with van der Waals surface area (Å²) in [6.07, 6.45) is -0.496. The number of carbonyl (C=O) groups is 4. The second-order valence-corrected chi connectivity index (χ2v) is 16.4. The van der Waals surface area contributed by atoms with Crippen LogP contribution in [0.5, 0.6) is 11.5 Å². The summed E-state index contributed by atoms with van der Waals surface area (Å²) in [5.41, 5.74) is 2.40. The van der Waals surface area contributed by atoms with Gasteiger partial charge in [0.15, 0.2) is 5.82 Å². The molecule has 3 fully saturated rings. The summed E-state index contributed by atoms with van der Waals surface area (Å²) in [5, 5.41) is 11.0. The van der Waals surface area contributed by atoms with E-state index in [-0.39, 0.29) is 36.7 Å². The number of anilines is 2. The number of hydrazine groups is 1. The average Bonchev–Trinajstić information content (AvgIpc) is 3.56. The molecule has 6 atom stereocenters. The number of halogens is 6. The van der Waals surface area contributed by atoms with Crippen LogP contribution in [0.25, 0.3) is 0 Å². The molecule has 2 saturated heterocycles. The molecular weight excluding hydrogens is 852 g/mol. The number of imide groups is 2. The lowest BCUT2D eigenvalue weighted by molar-refractivity contribution is -0.139. The van der Waals surface area contributed by atoms with Gasteiger partial charge in [-0.1, -0.05) is 62.9 Å². The van der Waals surface area contributed by atoms with Crippen LogP contribution in [0.2, 0.25) is 10.0 Å². The van der Waals surface area contributed by atoms with Crippen LogP contribution in [0.15, 0.2) is 107 Å². The van der Waals surface area contributed by atoms with Gasteiger partial charge < -0.3 is 9.84 Å². The van der Waals surface area contributed by atoms with Gasteiger partial charge in [0, 0.05) is 33.6 Å². The lowest BCUT2D eigenvalue weighted by Gasteiger charge is -2.51. The second kappa shape index (κ2) is 13.5. The minimum Gasteiger partial charge on any atom is -0.508 e. The highest BCUT2D eigenvalue weighted by Gasteiger charge is 2.71. The number of aromatic nitrogens is 1. The zero-order chi connectivity index (χ0) is 40.1. The lowest BCUT2D eigenvalue weighted by atomic mass is 9.48. The zero-order valence-electron chi connectivity index (χ0n) is 29.3. The number of amides is 4. The number of allylic oxidation sites excluding steroid dienone is 3. The van der Waals surface area contributed by atoms with Gasteiger partial charge in [-0.15, -0.1) is 0 Å². The summed E-state index contributed by atoms with van der Waals surface area (Å²) in [6.45, 7) is 0. The molecule has 3 aliphatic heterocycles. The molecule has 10 nitrogen and oxygen atoms in total. The second-order valence-electron chi connectivity index (χ2n) is 14.7.